The second kappa shape index (κ2) is 4.42. The van der Waals surface area contributed by atoms with E-state index in [9.17, 15) is 14.4 Å². The van der Waals surface area contributed by atoms with E-state index in [-0.39, 0.29) is 11.8 Å². The van der Waals surface area contributed by atoms with Crippen LogP contribution in [0.1, 0.15) is 22.8 Å². The van der Waals surface area contributed by atoms with Crippen molar-refractivity contribution in [2.45, 2.75) is 12.6 Å². The molecule has 2 N–H and O–H groups in total. The Morgan fingerprint density at radius 1 is 1.04 bits per heavy atom. The van der Waals surface area contributed by atoms with Gasteiger partial charge in [0.2, 0.25) is 11.6 Å². The molecule has 2 aromatic carbocycles. The fraction of sp³-hybridized carbons (Fsp3) is 0.118. The predicted molar refractivity (Wildman–Crippen MR) is 83.8 cm³/mol. The van der Waals surface area contributed by atoms with Crippen molar-refractivity contribution in [1.82, 2.24) is 5.32 Å². The molecule has 2 aliphatic heterocycles. The molecule has 4 rings (SSSR count). The molecule has 6 nitrogen and oxygen atoms in total. The van der Waals surface area contributed by atoms with E-state index in [1.165, 1.54) is 11.8 Å². The highest BCUT2D eigenvalue weighted by atomic mass is 16.2. The summed E-state index contributed by atoms with van der Waals surface area (Å²) < 4.78 is 0. The maximum Gasteiger partial charge on any atom is 0.276 e. The zero-order valence-electron chi connectivity index (χ0n) is 12.3. The number of rotatable bonds is 0. The number of para-hydroxylation sites is 2. The van der Waals surface area contributed by atoms with Crippen molar-refractivity contribution in [3.05, 3.63) is 59.7 Å². The van der Waals surface area contributed by atoms with Crippen LogP contribution in [0.15, 0.2) is 48.5 Å². The average Bonchev–Trinajstić information content (AvgIpc) is 2.80. The van der Waals surface area contributed by atoms with Gasteiger partial charge in [0.1, 0.15) is 0 Å². The zero-order chi connectivity index (χ0) is 16.2. The lowest BCUT2D eigenvalue weighted by Gasteiger charge is -2.43. The monoisotopic (exact) mass is 307 g/mol. The molecule has 2 aromatic rings. The van der Waals surface area contributed by atoms with E-state index >= 15 is 0 Å². The van der Waals surface area contributed by atoms with E-state index in [1.807, 2.05) is 0 Å². The first-order valence-electron chi connectivity index (χ1n) is 7.19. The molecule has 6 heteroatoms. The molecular weight excluding hydrogens is 294 g/mol. The summed E-state index contributed by atoms with van der Waals surface area (Å²) >= 11 is 0. The second-order valence-corrected chi connectivity index (χ2v) is 5.54. The van der Waals surface area contributed by atoms with E-state index in [1.54, 1.807) is 48.5 Å². The minimum absolute atomic E-state index is 0.329. The summed E-state index contributed by atoms with van der Waals surface area (Å²) in [6, 6.07) is 13.8. The molecule has 0 saturated heterocycles. The highest BCUT2D eigenvalue weighted by Crippen LogP contribution is 2.44. The van der Waals surface area contributed by atoms with Crippen molar-refractivity contribution in [3.8, 4) is 0 Å². The molecule has 114 valence electrons. The first-order chi connectivity index (χ1) is 11.1. The maximum atomic E-state index is 12.8. The first-order valence-corrected chi connectivity index (χ1v) is 7.19. The Morgan fingerprint density at radius 3 is 2.52 bits per heavy atom. The number of nitrogens with one attached hydrogen (secondary N) is 2. The Bertz CT molecular complexity index is 877. The van der Waals surface area contributed by atoms with Gasteiger partial charge in [-0.1, -0.05) is 30.3 Å². The van der Waals surface area contributed by atoms with Crippen LogP contribution in [-0.2, 0) is 15.3 Å². The second-order valence-electron chi connectivity index (χ2n) is 5.54. The van der Waals surface area contributed by atoms with Gasteiger partial charge in [-0.05, 0) is 18.2 Å². The maximum absolute atomic E-state index is 12.8. The standard InChI is InChI=1S/C17H13N3O3/c1-10(21)20-14-9-5-2-6-11(14)15(22)19-17(20)12-7-3-4-8-13(12)18-16(17)23/h2-9H,1H3,(H,18,23)(H,19,22)/t17-/m1/s1. The van der Waals surface area contributed by atoms with Crippen LogP contribution in [0.5, 0.6) is 0 Å². The molecule has 0 saturated carbocycles. The number of anilines is 2. The van der Waals surface area contributed by atoms with E-state index in [4.69, 9.17) is 0 Å². The van der Waals surface area contributed by atoms with Gasteiger partial charge in [0.05, 0.1) is 11.3 Å². The van der Waals surface area contributed by atoms with Crippen LogP contribution >= 0.6 is 0 Å². The minimum atomic E-state index is -1.55. The van der Waals surface area contributed by atoms with Crippen LogP contribution in [0.2, 0.25) is 0 Å². The normalized spacial score (nSPS) is 21.5. The van der Waals surface area contributed by atoms with Gasteiger partial charge in [-0.2, -0.15) is 0 Å². The van der Waals surface area contributed by atoms with Crippen LogP contribution in [0.3, 0.4) is 0 Å². The molecule has 0 radical (unpaired) electrons. The molecule has 0 aliphatic carbocycles. The summed E-state index contributed by atoms with van der Waals surface area (Å²) in [5.41, 5.74) is 0.390. The summed E-state index contributed by atoms with van der Waals surface area (Å²) in [5, 5.41) is 5.49. The smallest absolute Gasteiger partial charge is 0.276 e. The van der Waals surface area contributed by atoms with Crippen molar-refractivity contribution in [2.75, 3.05) is 10.2 Å². The van der Waals surface area contributed by atoms with Gasteiger partial charge >= 0.3 is 0 Å². The van der Waals surface area contributed by atoms with Gasteiger partial charge in [-0.3, -0.25) is 19.3 Å². The third-order valence-corrected chi connectivity index (χ3v) is 4.23. The number of carbonyl (C=O) groups is 3. The molecule has 1 atom stereocenters. The molecule has 0 aromatic heterocycles. The molecule has 23 heavy (non-hydrogen) atoms. The number of nitrogens with zero attached hydrogens (tertiary/aromatic N) is 1. The molecule has 0 unspecified atom stereocenters. The minimum Gasteiger partial charge on any atom is -0.322 e. The number of benzene rings is 2. The molecule has 0 bridgehead atoms. The lowest BCUT2D eigenvalue weighted by Crippen LogP contribution is -2.66. The van der Waals surface area contributed by atoms with E-state index < -0.39 is 11.6 Å². The van der Waals surface area contributed by atoms with Crippen molar-refractivity contribution in [1.29, 1.82) is 0 Å². The van der Waals surface area contributed by atoms with Crippen molar-refractivity contribution in [2.24, 2.45) is 0 Å². The van der Waals surface area contributed by atoms with Crippen LogP contribution < -0.4 is 15.5 Å². The quantitative estimate of drug-likeness (QED) is 0.776. The largest absolute Gasteiger partial charge is 0.322 e. The summed E-state index contributed by atoms with van der Waals surface area (Å²) in [4.78, 5) is 39.0. The van der Waals surface area contributed by atoms with Crippen LogP contribution in [0, 0.1) is 0 Å². The van der Waals surface area contributed by atoms with Crippen LogP contribution in [-0.4, -0.2) is 17.7 Å². The Morgan fingerprint density at radius 2 is 1.74 bits per heavy atom. The average molecular weight is 307 g/mol. The molecule has 2 heterocycles. The van der Waals surface area contributed by atoms with Crippen molar-refractivity contribution < 1.29 is 14.4 Å². The van der Waals surface area contributed by atoms with Gasteiger partial charge in [-0.25, -0.2) is 0 Å². The summed E-state index contributed by atoms with van der Waals surface area (Å²) in [6.45, 7) is 1.38. The topological polar surface area (TPSA) is 78.5 Å². The third kappa shape index (κ3) is 1.60. The Balaban J connectivity index is 2.05. The van der Waals surface area contributed by atoms with Crippen molar-refractivity contribution >= 4 is 29.1 Å². The number of hydrogen-bond donors (Lipinski definition) is 2. The molecular formula is C17H13N3O3. The van der Waals surface area contributed by atoms with Gasteiger partial charge < -0.3 is 10.6 Å². The van der Waals surface area contributed by atoms with E-state index in [0.29, 0.717) is 22.5 Å². The number of fused-ring (bicyclic) bond motifs is 3. The molecule has 1 spiro atoms. The lowest BCUT2D eigenvalue weighted by molar-refractivity contribution is -0.127. The molecule has 3 amide bonds. The van der Waals surface area contributed by atoms with Crippen LogP contribution in [0.25, 0.3) is 0 Å². The fourth-order valence-electron chi connectivity index (χ4n) is 3.32. The van der Waals surface area contributed by atoms with E-state index in [2.05, 4.69) is 10.6 Å². The Hall–Kier alpha value is -3.15. The Kier molecular flexibility index (Phi) is 2.60. The highest BCUT2D eigenvalue weighted by Gasteiger charge is 2.57. The third-order valence-electron chi connectivity index (χ3n) is 4.23. The summed E-state index contributed by atoms with van der Waals surface area (Å²) in [7, 11) is 0. The number of amides is 3. The fourth-order valence-corrected chi connectivity index (χ4v) is 3.32. The van der Waals surface area contributed by atoms with E-state index in [0.717, 1.165) is 0 Å². The molecule has 0 fully saturated rings. The van der Waals surface area contributed by atoms with Gasteiger partial charge in [0, 0.05) is 18.2 Å². The number of hydrogen-bond acceptors (Lipinski definition) is 3. The highest BCUT2D eigenvalue weighted by molar-refractivity contribution is 6.19. The van der Waals surface area contributed by atoms with Gasteiger partial charge in [0.15, 0.2) is 0 Å². The summed E-state index contributed by atoms with van der Waals surface area (Å²) in [5.74, 6) is -1.16. The predicted octanol–water partition coefficient (Wildman–Crippen LogP) is 1.59. The van der Waals surface area contributed by atoms with Crippen LogP contribution in [0.4, 0.5) is 11.4 Å². The summed E-state index contributed by atoms with van der Waals surface area (Å²) in [6.07, 6.45) is 0. The Labute approximate surface area is 132 Å². The number of carbonyl (C=O) groups excluding carboxylic acids is 3. The lowest BCUT2D eigenvalue weighted by atomic mass is 9.93. The first kappa shape index (κ1) is 13.5. The van der Waals surface area contributed by atoms with Gasteiger partial charge in [0.25, 0.3) is 11.8 Å². The zero-order valence-corrected chi connectivity index (χ0v) is 12.3. The van der Waals surface area contributed by atoms with Crippen molar-refractivity contribution in [3.63, 3.8) is 0 Å². The SMILES string of the molecule is CC(=O)N1c2ccccc2C(=O)N[C@@]12C(=O)Nc1ccccc12. The molecule has 2 aliphatic rings. The van der Waals surface area contributed by atoms with Gasteiger partial charge in [-0.15, -0.1) is 0 Å².